The molecule has 1 fully saturated rings. The molecule has 1 aromatic heterocycles. The summed E-state index contributed by atoms with van der Waals surface area (Å²) in [6.45, 7) is 11.9. The Bertz CT molecular complexity index is 1390. The summed E-state index contributed by atoms with van der Waals surface area (Å²) >= 11 is 0. The quantitative estimate of drug-likeness (QED) is 0.369. The van der Waals surface area contributed by atoms with Crippen LogP contribution in [0.25, 0.3) is 0 Å². The van der Waals surface area contributed by atoms with Gasteiger partial charge in [0.15, 0.2) is 0 Å². The summed E-state index contributed by atoms with van der Waals surface area (Å²) < 4.78 is 34.4. The zero-order chi connectivity index (χ0) is 27.5. The molecular weight excluding hydrogens is 514 g/mol. The molecule has 11 heteroatoms. The second kappa shape index (κ2) is 11.5. The van der Waals surface area contributed by atoms with E-state index < -0.39 is 15.6 Å². The smallest absolute Gasteiger partial charge is 0.241 e. The van der Waals surface area contributed by atoms with Gasteiger partial charge < -0.3 is 20.3 Å². The molecule has 3 N–H and O–H groups in total. The normalized spacial score (nSPS) is 16.2. The van der Waals surface area contributed by atoms with Crippen molar-refractivity contribution in [3.8, 4) is 5.75 Å². The number of rotatable bonds is 9. The Labute approximate surface area is 230 Å². The van der Waals surface area contributed by atoms with Crippen molar-refractivity contribution in [3.05, 3.63) is 60.3 Å². The highest BCUT2D eigenvalue weighted by Crippen LogP contribution is 2.34. The third-order valence-electron chi connectivity index (χ3n) is 6.58. The number of nitrogens with one attached hydrogen (secondary N) is 3. The van der Waals surface area contributed by atoms with Gasteiger partial charge in [-0.05, 0) is 69.7 Å². The standard InChI is InChI=1S/C28H37N7O3S/c1-28(2,3)33-39(36,37)25-6-4-5-23(19-25)35-14-11-21-20-30-27(32-26(21)35)31-22-7-9-24(10-8-22)38-18-17-34-15-12-29-13-16-34/h4-10,19-20,29,33H,11-18H2,1-3H3,(H,30,31,32). The van der Waals surface area contributed by atoms with Gasteiger partial charge in [0.1, 0.15) is 18.2 Å². The molecule has 0 spiro atoms. The van der Waals surface area contributed by atoms with Gasteiger partial charge in [0, 0.05) is 67.9 Å². The highest BCUT2D eigenvalue weighted by molar-refractivity contribution is 7.89. The van der Waals surface area contributed by atoms with Gasteiger partial charge in [0.05, 0.1) is 4.90 Å². The van der Waals surface area contributed by atoms with Crippen LogP contribution < -0.4 is 25.0 Å². The van der Waals surface area contributed by atoms with E-state index in [4.69, 9.17) is 9.72 Å². The number of benzene rings is 2. The number of hydrogen-bond donors (Lipinski definition) is 3. The first kappa shape index (κ1) is 27.3. The third-order valence-corrected chi connectivity index (χ3v) is 8.33. The summed E-state index contributed by atoms with van der Waals surface area (Å²) in [5.41, 5.74) is 2.08. The van der Waals surface area contributed by atoms with Crippen molar-refractivity contribution in [3.63, 3.8) is 0 Å². The molecule has 39 heavy (non-hydrogen) atoms. The van der Waals surface area contributed by atoms with Crippen molar-refractivity contribution in [2.75, 3.05) is 56.1 Å². The molecule has 1 saturated heterocycles. The largest absolute Gasteiger partial charge is 0.492 e. The predicted molar refractivity (Wildman–Crippen MR) is 154 cm³/mol. The molecule has 2 aliphatic rings. The summed E-state index contributed by atoms with van der Waals surface area (Å²) in [5, 5.41) is 6.64. The lowest BCUT2D eigenvalue weighted by Gasteiger charge is -2.26. The molecule has 3 heterocycles. The Morgan fingerprint density at radius 1 is 1.05 bits per heavy atom. The summed E-state index contributed by atoms with van der Waals surface area (Å²) in [6.07, 6.45) is 2.62. The average Bonchev–Trinajstić information content (AvgIpc) is 3.32. The maximum atomic E-state index is 12.9. The lowest BCUT2D eigenvalue weighted by atomic mass is 10.1. The topological polar surface area (TPSA) is 112 Å². The first-order chi connectivity index (χ1) is 18.7. The molecule has 3 aromatic rings. The number of aromatic nitrogens is 2. The predicted octanol–water partition coefficient (Wildman–Crippen LogP) is 3.28. The molecule has 0 amide bonds. The van der Waals surface area contributed by atoms with E-state index >= 15 is 0 Å². The molecule has 2 aromatic carbocycles. The Morgan fingerprint density at radius 3 is 2.56 bits per heavy atom. The van der Waals surface area contributed by atoms with Crippen molar-refractivity contribution < 1.29 is 13.2 Å². The van der Waals surface area contributed by atoms with E-state index in [2.05, 4.69) is 25.2 Å². The lowest BCUT2D eigenvalue weighted by molar-refractivity contribution is 0.191. The van der Waals surface area contributed by atoms with E-state index in [1.54, 1.807) is 18.2 Å². The highest BCUT2D eigenvalue weighted by Gasteiger charge is 2.26. The number of ether oxygens (including phenoxy) is 1. The lowest BCUT2D eigenvalue weighted by Crippen LogP contribution is -2.44. The first-order valence-corrected chi connectivity index (χ1v) is 14.9. The van der Waals surface area contributed by atoms with Crippen molar-refractivity contribution in [2.45, 2.75) is 37.6 Å². The van der Waals surface area contributed by atoms with Gasteiger partial charge in [0.25, 0.3) is 0 Å². The summed E-state index contributed by atoms with van der Waals surface area (Å²) in [5.74, 6) is 2.08. The van der Waals surface area contributed by atoms with Crippen LogP contribution in [0.4, 0.5) is 23.1 Å². The molecule has 0 radical (unpaired) electrons. The van der Waals surface area contributed by atoms with Crippen LogP contribution in [0.5, 0.6) is 5.75 Å². The van der Waals surface area contributed by atoms with Gasteiger partial charge in [-0.3, -0.25) is 4.90 Å². The minimum absolute atomic E-state index is 0.228. The Balaban J connectivity index is 1.24. The number of fused-ring (bicyclic) bond motifs is 1. The van der Waals surface area contributed by atoms with E-state index in [0.29, 0.717) is 19.1 Å². The molecule has 0 bridgehead atoms. The molecule has 0 aliphatic carbocycles. The van der Waals surface area contributed by atoms with Gasteiger partial charge in [-0.15, -0.1) is 0 Å². The van der Waals surface area contributed by atoms with E-state index in [-0.39, 0.29) is 4.90 Å². The molecule has 2 aliphatic heterocycles. The van der Waals surface area contributed by atoms with Crippen molar-refractivity contribution in [1.82, 2.24) is 24.9 Å². The summed E-state index contributed by atoms with van der Waals surface area (Å²) in [6, 6.07) is 14.8. The van der Waals surface area contributed by atoms with Crippen LogP contribution in [0.3, 0.4) is 0 Å². The van der Waals surface area contributed by atoms with Crippen LogP contribution in [0.2, 0.25) is 0 Å². The molecular formula is C28H37N7O3S. The SMILES string of the molecule is CC(C)(C)NS(=O)(=O)c1cccc(N2CCc3cnc(Nc4ccc(OCCN5CCNCC5)cc4)nc32)c1. The van der Waals surface area contributed by atoms with E-state index in [1.165, 1.54) is 0 Å². The first-order valence-electron chi connectivity index (χ1n) is 13.4. The third kappa shape index (κ3) is 7.04. The van der Waals surface area contributed by atoms with Gasteiger partial charge in [-0.25, -0.2) is 18.1 Å². The van der Waals surface area contributed by atoms with Crippen molar-refractivity contribution in [2.24, 2.45) is 0 Å². The molecule has 0 atom stereocenters. The maximum Gasteiger partial charge on any atom is 0.241 e. The van der Waals surface area contributed by atoms with Crippen LogP contribution >= 0.6 is 0 Å². The molecule has 208 valence electrons. The Hall–Kier alpha value is -3.25. The van der Waals surface area contributed by atoms with E-state index in [0.717, 1.165) is 67.7 Å². The fourth-order valence-electron chi connectivity index (χ4n) is 4.73. The van der Waals surface area contributed by atoms with Crippen molar-refractivity contribution in [1.29, 1.82) is 0 Å². The molecule has 0 saturated carbocycles. The zero-order valence-electron chi connectivity index (χ0n) is 22.8. The Morgan fingerprint density at radius 2 is 1.82 bits per heavy atom. The maximum absolute atomic E-state index is 12.9. The van der Waals surface area contributed by atoms with Crippen molar-refractivity contribution >= 4 is 33.2 Å². The second-order valence-electron chi connectivity index (χ2n) is 10.9. The van der Waals surface area contributed by atoms with Gasteiger partial charge >= 0.3 is 0 Å². The number of hydrogen-bond acceptors (Lipinski definition) is 9. The van der Waals surface area contributed by atoms with E-state index in [1.807, 2.05) is 62.2 Å². The summed E-state index contributed by atoms with van der Waals surface area (Å²) in [4.78, 5) is 13.9. The second-order valence-corrected chi connectivity index (χ2v) is 12.6. The van der Waals surface area contributed by atoms with Gasteiger partial charge in [-0.1, -0.05) is 6.07 Å². The van der Waals surface area contributed by atoms with Gasteiger partial charge in [-0.2, -0.15) is 4.98 Å². The van der Waals surface area contributed by atoms with Crippen LogP contribution in [-0.2, 0) is 16.4 Å². The Kier molecular flexibility index (Phi) is 8.03. The summed E-state index contributed by atoms with van der Waals surface area (Å²) in [7, 11) is -3.65. The number of piperazine rings is 1. The average molecular weight is 552 g/mol. The minimum atomic E-state index is -3.65. The van der Waals surface area contributed by atoms with Crippen LogP contribution in [0, 0.1) is 0 Å². The number of nitrogens with zero attached hydrogens (tertiary/aromatic N) is 4. The molecule has 0 unspecified atom stereocenters. The van der Waals surface area contributed by atoms with Crippen LogP contribution in [0.1, 0.15) is 26.3 Å². The molecule has 10 nitrogen and oxygen atoms in total. The monoisotopic (exact) mass is 551 g/mol. The fourth-order valence-corrected chi connectivity index (χ4v) is 6.19. The van der Waals surface area contributed by atoms with E-state index in [9.17, 15) is 8.42 Å². The van der Waals surface area contributed by atoms with Gasteiger partial charge in [0.2, 0.25) is 16.0 Å². The minimum Gasteiger partial charge on any atom is -0.492 e. The highest BCUT2D eigenvalue weighted by atomic mass is 32.2. The number of sulfonamides is 1. The zero-order valence-corrected chi connectivity index (χ0v) is 23.6. The van der Waals surface area contributed by atoms with Crippen LogP contribution in [-0.4, -0.2) is 74.7 Å². The fraction of sp³-hybridized carbons (Fsp3) is 0.429. The number of anilines is 4. The van der Waals surface area contributed by atoms with Crippen LogP contribution in [0.15, 0.2) is 59.6 Å². The molecule has 5 rings (SSSR count).